The van der Waals surface area contributed by atoms with Crippen molar-refractivity contribution in [1.82, 2.24) is 4.98 Å². The number of oxazole rings is 1. The smallest absolute Gasteiger partial charge is 0.230 e. The first-order valence-corrected chi connectivity index (χ1v) is 6.38. The van der Waals surface area contributed by atoms with Crippen LogP contribution in [0.2, 0.25) is 0 Å². The van der Waals surface area contributed by atoms with Gasteiger partial charge in [0.25, 0.3) is 0 Å². The second kappa shape index (κ2) is 5.13. The van der Waals surface area contributed by atoms with E-state index in [9.17, 15) is 4.79 Å². The van der Waals surface area contributed by atoms with Crippen molar-refractivity contribution >= 4 is 5.78 Å². The van der Waals surface area contributed by atoms with Crippen LogP contribution in [-0.2, 0) is 0 Å². The predicted octanol–water partition coefficient (Wildman–Crippen LogP) is 3.88. The maximum atomic E-state index is 12.4. The van der Waals surface area contributed by atoms with Crippen molar-refractivity contribution in [3.8, 4) is 11.5 Å². The van der Waals surface area contributed by atoms with Gasteiger partial charge in [0, 0.05) is 11.1 Å². The molecule has 0 aliphatic heterocycles. The molecule has 2 aromatic carbocycles. The summed E-state index contributed by atoms with van der Waals surface area (Å²) in [5.74, 6) is 0.634. The first kappa shape index (κ1) is 12.4. The number of carbonyl (C=O) groups is 1. The van der Waals surface area contributed by atoms with Gasteiger partial charge in [0.1, 0.15) is 0 Å². The molecule has 0 aliphatic rings. The fourth-order valence-corrected chi connectivity index (χ4v) is 2.03. The van der Waals surface area contributed by atoms with E-state index in [4.69, 9.17) is 4.42 Å². The van der Waals surface area contributed by atoms with Crippen LogP contribution in [0.1, 0.15) is 21.8 Å². The minimum atomic E-state index is -0.141. The predicted molar refractivity (Wildman–Crippen MR) is 76.6 cm³/mol. The molecule has 0 saturated carbocycles. The molecular formula is C17H13NO2. The van der Waals surface area contributed by atoms with Crippen LogP contribution in [0, 0.1) is 6.92 Å². The number of ketones is 1. The van der Waals surface area contributed by atoms with Crippen LogP contribution in [0.15, 0.2) is 65.1 Å². The van der Waals surface area contributed by atoms with Gasteiger partial charge in [0.2, 0.25) is 11.7 Å². The van der Waals surface area contributed by atoms with E-state index in [2.05, 4.69) is 4.98 Å². The Morgan fingerprint density at radius 2 is 1.55 bits per heavy atom. The molecule has 0 fully saturated rings. The summed E-state index contributed by atoms with van der Waals surface area (Å²) < 4.78 is 5.66. The molecule has 1 heterocycles. The standard InChI is InChI=1S/C17H13NO2/c1-12-16(15(19)13-8-4-2-5-9-13)20-17(18-12)14-10-6-3-7-11-14/h2-11H,1H3. The average Bonchev–Trinajstić information content (AvgIpc) is 2.90. The monoisotopic (exact) mass is 263 g/mol. The minimum Gasteiger partial charge on any atom is -0.432 e. The summed E-state index contributed by atoms with van der Waals surface area (Å²) >= 11 is 0. The van der Waals surface area contributed by atoms with Gasteiger partial charge in [0.05, 0.1) is 5.69 Å². The summed E-state index contributed by atoms with van der Waals surface area (Å²) in [6.07, 6.45) is 0. The van der Waals surface area contributed by atoms with E-state index in [0.717, 1.165) is 5.56 Å². The lowest BCUT2D eigenvalue weighted by Gasteiger charge is -1.97. The fraction of sp³-hybridized carbons (Fsp3) is 0.0588. The second-order valence-corrected chi connectivity index (χ2v) is 4.49. The van der Waals surface area contributed by atoms with Crippen LogP contribution in [0.4, 0.5) is 0 Å². The van der Waals surface area contributed by atoms with Gasteiger partial charge in [-0.3, -0.25) is 4.79 Å². The van der Waals surface area contributed by atoms with E-state index in [-0.39, 0.29) is 5.78 Å². The molecule has 0 spiro atoms. The largest absolute Gasteiger partial charge is 0.432 e. The first-order chi connectivity index (χ1) is 9.75. The Balaban J connectivity index is 2.00. The Bertz CT molecular complexity index is 730. The zero-order valence-electron chi connectivity index (χ0n) is 11.0. The van der Waals surface area contributed by atoms with Gasteiger partial charge in [-0.25, -0.2) is 4.98 Å². The summed E-state index contributed by atoms with van der Waals surface area (Å²) in [7, 11) is 0. The van der Waals surface area contributed by atoms with Crippen molar-refractivity contribution in [2.45, 2.75) is 6.92 Å². The molecule has 98 valence electrons. The van der Waals surface area contributed by atoms with Crippen LogP contribution in [0.5, 0.6) is 0 Å². The van der Waals surface area contributed by atoms with E-state index in [1.54, 1.807) is 19.1 Å². The van der Waals surface area contributed by atoms with E-state index in [1.165, 1.54) is 0 Å². The highest BCUT2D eigenvalue weighted by atomic mass is 16.4. The molecule has 0 amide bonds. The molecule has 0 radical (unpaired) electrons. The topological polar surface area (TPSA) is 43.1 Å². The number of benzene rings is 2. The highest BCUT2D eigenvalue weighted by Gasteiger charge is 2.19. The fourth-order valence-electron chi connectivity index (χ4n) is 2.03. The summed E-state index contributed by atoms with van der Waals surface area (Å²) in [6, 6.07) is 18.6. The van der Waals surface area contributed by atoms with Crippen LogP contribution in [0.3, 0.4) is 0 Å². The zero-order valence-corrected chi connectivity index (χ0v) is 11.0. The van der Waals surface area contributed by atoms with Crippen LogP contribution in [0.25, 0.3) is 11.5 Å². The summed E-state index contributed by atoms with van der Waals surface area (Å²) in [4.78, 5) is 16.7. The third kappa shape index (κ3) is 2.26. The maximum absolute atomic E-state index is 12.4. The number of hydrogen-bond acceptors (Lipinski definition) is 3. The number of carbonyl (C=O) groups excluding carboxylic acids is 1. The van der Waals surface area contributed by atoms with Crippen molar-refractivity contribution in [2.75, 3.05) is 0 Å². The molecule has 0 bridgehead atoms. The van der Waals surface area contributed by atoms with Crippen LogP contribution < -0.4 is 0 Å². The van der Waals surface area contributed by atoms with E-state index < -0.39 is 0 Å². The highest BCUT2D eigenvalue weighted by Crippen LogP contribution is 2.23. The second-order valence-electron chi connectivity index (χ2n) is 4.49. The number of nitrogens with zero attached hydrogens (tertiary/aromatic N) is 1. The van der Waals surface area contributed by atoms with Gasteiger partial charge in [-0.1, -0.05) is 48.5 Å². The van der Waals surface area contributed by atoms with Gasteiger partial charge in [-0.15, -0.1) is 0 Å². The zero-order chi connectivity index (χ0) is 13.9. The number of rotatable bonds is 3. The molecule has 3 heteroatoms. The molecule has 0 saturated heterocycles. The van der Waals surface area contributed by atoms with E-state index >= 15 is 0 Å². The Morgan fingerprint density at radius 3 is 2.20 bits per heavy atom. The Morgan fingerprint density at radius 1 is 0.950 bits per heavy atom. The Kier molecular flexibility index (Phi) is 3.17. The lowest BCUT2D eigenvalue weighted by Crippen LogP contribution is -2.01. The molecular weight excluding hydrogens is 250 g/mol. The summed E-state index contributed by atoms with van der Waals surface area (Å²) in [5.41, 5.74) is 2.08. The number of aromatic nitrogens is 1. The van der Waals surface area contributed by atoms with Crippen molar-refractivity contribution in [3.63, 3.8) is 0 Å². The molecule has 0 atom stereocenters. The molecule has 3 aromatic rings. The molecule has 20 heavy (non-hydrogen) atoms. The third-order valence-electron chi connectivity index (χ3n) is 3.06. The third-order valence-corrected chi connectivity index (χ3v) is 3.06. The van der Waals surface area contributed by atoms with E-state index in [1.807, 2.05) is 48.5 Å². The van der Waals surface area contributed by atoms with Crippen LogP contribution in [-0.4, -0.2) is 10.8 Å². The van der Waals surface area contributed by atoms with E-state index in [0.29, 0.717) is 22.9 Å². The molecule has 3 rings (SSSR count). The molecule has 0 unspecified atom stereocenters. The normalized spacial score (nSPS) is 10.4. The lowest BCUT2D eigenvalue weighted by molar-refractivity contribution is 0.101. The van der Waals surface area contributed by atoms with Gasteiger partial charge in [-0.05, 0) is 19.1 Å². The Hall–Kier alpha value is -2.68. The summed E-state index contributed by atoms with van der Waals surface area (Å²) in [5, 5.41) is 0. The number of aryl methyl sites for hydroxylation is 1. The SMILES string of the molecule is Cc1nc(-c2ccccc2)oc1C(=O)c1ccccc1. The maximum Gasteiger partial charge on any atom is 0.230 e. The average molecular weight is 263 g/mol. The Labute approximate surface area is 116 Å². The summed E-state index contributed by atoms with van der Waals surface area (Å²) in [6.45, 7) is 1.78. The van der Waals surface area contributed by atoms with Crippen molar-refractivity contribution < 1.29 is 9.21 Å². The minimum absolute atomic E-state index is 0.141. The highest BCUT2D eigenvalue weighted by molar-refractivity contribution is 6.07. The lowest BCUT2D eigenvalue weighted by atomic mass is 10.1. The molecule has 0 N–H and O–H groups in total. The van der Waals surface area contributed by atoms with Crippen LogP contribution >= 0.6 is 0 Å². The number of hydrogen-bond donors (Lipinski definition) is 0. The van der Waals surface area contributed by atoms with Gasteiger partial charge in [-0.2, -0.15) is 0 Å². The molecule has 1 aromatic heterocycles. The quantitative estimate of drug-likeness (QED) is 0.673. The van der Waals surface area contributed by atoms with Crippen molar-refractivity contribution in [2.24, 2.45) is 0 Å². The molecule has 3 nitrogen and oxygen atoms in total. The molecule has 0 aliphatic carbocycles. The van der Waals surface area contributed by atoms with Gasteiger partial charge >= 0.3 is 0 Å². The van der Waals surface area contributed by atoms with Gasteiger partial charge in [0.15, 0.2) is 5.76 Å². The van der Waals surface area contributed by atoms with Crippen molar-refractivity contribution in [1.29, 1.82) is 0 Å². The van der Waals surface area contributed by atoms with Crippen molar-refractivity contribution in [3.05, 3.63) is 77.7 Å². The first-order valence-electron chi connectivity index (χ1n) is 6.38. The van der Waals surface area contributed by atoms with Gasteiger partial charge < -0.3 is 4.42 Å².